The van der Waals surface area contributed by atoms with Gasteiger partial charge in [-0.1, -0.05) is 11.3 Å². The Morgan fingerprint density at radius 2 is 2.06 bits per heavy atom. The molecule has 1 aromatic heterocycles. The van der Waals surface area contributed by atoms with Crippen LogP contribution in [-0.2, 0) is 0 Å². The van der Waals surface area contributed by atoms with Crippen molar-refractivity contribution in [1.82, 2.24) is 4.98 Å². The fourth-order valence-electron chi connectivity index (χ4n) is 1.81. The van der Waals surface area contributed by atoms with Gasteiger partial charge < -0.3 is 5.32 Å². The van der Waals surface area contributed by atoms with Crippen molar-refractivity contribution in [2.24, 2.45) is 5.92 Å². The Kier molecular flexibility index (Phi) is 2.36. The van der Waals surface area contributed by atoms with Crippen molar-refractivity contribution in [2.45, 2.75) is 26.7 Å². The summed E-state index contributed by atoms with van der Waals surface area (Å²) in [5, 5.41) is 4.52. The molecule has 1 aliphatic rings. The van der Waals surface area contributed by atoms with Crippen LogP contribution in [0.15, 0.2) is 12.1 Å². The first-order valence-electron chi connectivity index (χ1n) is 5.84. The molecular weight excluding hydrogens is 216 g/mol. The molecule has 1 saturated carbocycles. The summed E-state index contributed by atoms with van der Waals surface area (Å²) < 4.78 is 1.29. The number of aromatic nitrogens is 1. The number of rotatable bonds is 3. The summed E-state index contributed by atoms with van der Waals surface area (Å²) in [5.41, 5.74) is 3.81. The number of hydrogen-bond donors (Lipinski definition) is 1. The van der Waals surface area contributed by atoms with Crippen LogP contribution in [0.5, 0.6) is 0 Å². The van der Waals surface area contributed by atoms with Gasteiger partial charge in [0.2, 0.25) is 0 Å². The Morgan fingerprint density at radius 1 is 1.31 bits per heavy atom. The van der Waals surface area contributed by atoms with Crippen molar-refractivity contribution in [3.8, 4) is 0 Å². The van der Waals surface area contributed by atoms with E-state index in [2.05, 4.69) is 36.3 Å². The number of nitrogens with one attached hydrogen (secondary N) is 1. The van der Waals surface area contributed by atoms with Gasteiger partial charge in [-0.3, -0.25) is 0 Å². The monoisotopic (exact) mass is 232 g/mol. The number of nitrogens with zero attached hydrogens (tertiary/aromatic N) is 1. The van der Waals surface area contributed by atoms with Crippen LogP contribution in [0, 0.1) is 19.8 Å². The number of hydrogen-bond acceptors (Lipinski definition) is 3. The van der Waals surface area contributed by atoms with Crippen LogP contribution < -0.4 is 5.32 Å². The van der Waals surface area contributed by atoms with Crippen molar-refractivity contribution >= 4 is 26.7 Å². The first-order valence-corrected chi connectivity index (χ1v) is 6.65. The molecule has 0 amide bonds. The molecule has 2 nitrogen and oxygen atoms in total. The van der Waals surface area contributed by atoms with E-state index in [0.717, 1.165) is 23.1 Å². The van der Waals surface area contributed by atoms with Crippen molar-refractivity contribution in [2.75, 3.05) is 11.9 Å². The molecule has 1 aromatic carbocycles. The molecule has 16 heavy (non-hydrogen) atoms. The third-order valence-corrected chi connectivity index (χ3v) is 4.22. The van der Waals surface area contributed by atoms with E-state index in [1.807, 2.05) is 0 Å². The predicted octanol–water partition coefficient (Wildman–Crippen LogP) is 3.74. The zero-order chi connectivity index (χ0) is 11.1. The number of thiazole rings is 1. The minimum absolute atomic E-state index is 0.899. The summed E-state index contributed by atoms with van der Waals surface area (Å²) in [6, 6.07) is 4.42. The lowest BCUT2D eigenvalue weighted by atomic mass is 10.1. The second-order valence-electron chi connectivity index (χ2n) is 4.75. The number of anilines is 1. The van der Waals surface area contributed by atoms with Crippen LogP contribution >= 0.6 is 11.3 Å². The predicted molar refractivity (Wildman–Crippen MR) is 70.3 cm³/mol. The van der Waals surface area contributed by atoms with Crippen LogP contribution in [0.1, 0.15) is 24.0 Å². The van der Waals surface area contributed by atoms with E-state index in [9.17, 15) is 0 Å². The molecule has 84 valence electrons. The largest absolute Gasteiger partial charge is 0.361 e. The molecule has 0 atom stereocenters. The summed E-state index contributed by atoms with van der Waals surface area (Å²) in [6.45, 7) is 5.40. The van der Waals surface area contributed by atoms with Gasteiger partial charge in [0.15, 0.2) is 5.13 Å². The maximum Gasteiger partial charge on any atom is 0.183 e. The van der Waals surface area contributed by atoms with E-state index in [0.29, 0.717) is 0 Å². The molecule has 0 aliphatic heterocycles. The lowest BCUT2D eigenvalue weighted by Crippen LogP contribution is -2.01. The molecule has 0 spiro atoms. The minimum Gasteiger partial charge on any atom is -0.361 e. The molecule has 1 N–H and O–H groups in total. The first kappa shape index (κ1) is 10.1. The van der Waals surface area contributed by atoms with Gasteiger partial charge in [0.25, 0.3) is 0 Å². The van der Waals surface area contributed by atoms with Gasteiger partial charge in [0.05, 0.1) is 10.2 Å². The van der Waals surface area contributed by atoms with E-state index in [4.69, 9.17) is 0 Å². The summed E-state index contributed by atoms with van der Waals surface area (Å²) in [4.78, 5) is 4.62. The highest BCUT2D eigenvalue weighted by molar-refractivity contribution is 7.22. The van der Waals surface area contributed by atoms with Crippen LogP contribution in [0.2, 0.25) is 0 Å². The molecule has 1 aliphatic carbocycles. The zero-order valence-electron chi connectivity index (χ0n) is 9.71. The van der Waals surface area contributed by atoms with Crippen molar-refractivity contribution in [1.29, 1.82) is 0 Å². The first-order chi connectivity index (χ1) is 7.72. The van der Waals surface area contributed by atoms with E-state index in [1.54, 1.807) is 11.3 Å². The van der Waals surface area contributed by atoms with Gasteiger partial charge in [-0.15, -0.1) is 0 Å². The highest BCUT2D eigenvalue weighted by Gasteiger charge is 2.21. The highest BCUT2D eigenvalue weighted by atomic mass is 32.1. The Labute approximate surface area is 99.7 Å². The summed E-state index contributed by atoms with van der Waals surface area (Å²) in [7, 11) is 0. The molecule has 3 rings (SSSR count). The van der Waals surface area contributed by atoms with Crippen LogP contribution in [0.3, 0.4) is 0 Å². The normalized spacial score (nSPS) is 15.6. The van der Waals surface area contributed by atoms with E-state index < -0.39 is 0 Å². The Hall–Kier alpha value is -1.09. The molecule has 2 aromatic rings. The third-order valence-electron chi connectivity index (χ3n) is 3.24. The Morgan fingerprint density at radius 3 is 2.81 bits per heavy atom. The molecule has 0 radical (unpaired) electrons. The van der Waals surface area contributed by atoms with Gasteiger partial charge in [-0.25, -0.2) is 4.98 Å². The number of benzene rings is 1. The maximum absolute atomic E-state index is 4.62. The number of fused-ring (bicyclic) bond motifs is 1. The fourth-order valence-corrected chi connectivity index (χ4v) is 2.76. The van der Waals surface area contributed by atoms with Gasteiger partial charge in [-0.2, -0.15) is 0 Å². The SMILES string of the molecule is Cc1cc2nc(NCC3CC3)sc2cc1C. The molecule has 3 heteroatoms. The molecule has 1 heterocycles. The topological polar surface area (TPSA) is 24.9 Å². The van der Waals surface area contributed by atoms with Crippen LogP contribution in [-0.4, -0.2) is 11.5 Å². The van der Waals surface area contributed by atoms with Gasteiger partial charge in [0.1, 0.15) is 0 Å². The smallest absolute Gasteiger partial charge is 0.183 e. The quantitative estimate of drug-likeness (QED) is 0.872. The second-order valence-corrected chi connectivity index (χ2v) is 5.78. The molecule has 1 fully saturated rings. The fraction of sp³-hybridized carbons (Fsp3) is 0.462. The van der Waals surface area contributed by atoms with Gasteiger partial charge >= 0.3 is 0 Å². The van der Waals surface area contributed by atoms with E-state index in [-0.39, 0.29) is 0 Å². The Bertz CT molecular complexity index is 487. The second kappa shape index (κ2) is 3.74. The lowest BCUT2D eigenvalue weighted by Gasteiger charge is -1.97. The van der Waals surface area contributed by atoms with Crippen LogP contribution in [0.25, 0.3) is 10.2 Å². The van der Waals surface area contributed by atoms with E-state index in [1.165, 1.54) is 28.7 Å². The summed E-state index contributed by atoms with van der Waals surface area (Å²) in [5.74, 6) is 0.899. The Balaban J connectivity index is 1.89. The van der Waals surface area contributed by atoms with Gasteiger partial charge in [0, 0.05) is 6.54 Å². The lowest BCUT2D eigenvalue weighted by molar-refractivity contribution is 0.888. The molecule has 0 unspecified atom stereocenters. The maximum atomic E-state index is 4.62. The molecular formula is C13H16N2S. The van der Waals surface area contributed by atoms with Crippen molar-refractivity contribution in [3.05, 3.63) is 23.3 Å². The minimum atomic E-state index is 0.899. The third kappa shape index (κ3) is 1.92. The molecule has 0 bridgehead atoms. The average Bonchev–Trinajstić information content (AvgIpc) is 2.99. The van der Waals surface area contributed by atoms with E-state index >= 15 is 0 Å². The zero-order valence-corrected chi connectivity index (χ0v) is 10.5. The summed E-state index contributed by atoms with van der Waals surface area (Å²) >= 11 is 1.77. The average molecular weight is 232 g/mol. The highest BCUT2D eigenvalue weighted by Crippen LogP contribution is 2.31. The van der Waals surface area contributed by atoms with Gasteiger partial charge in [-0.05, 0) is 55.9 Å². The van der Waals surface area contributed by atoms with Crippen molar-refractivity contribution in [3.63, 3.8) is 0 Å². The number of aryl methyl sites for hydroxylation is 2. The van der Waals surface area contributed by atoms with Crippen molar-refractivity contribution < 1.29 is 0 Å². The van der Waals surface area contributed by atoms with Crippen LogP contribution in [0.4, 0.5) is 5.13 Å². The molecule has 0 saturated heterocycles. The standard InChI is InChI=1S/C13H16N2S/c1-8-5-11-12(6-9(8)2)16-13(15-11)14-7-10-3-4-10/h5-6,10H,3-4,7H2,1-2H3,(H,14,15). The summed E-state index contributed by atoms with van der Waals surface area (Å²) in [6.07, 6.45) is 2.77.